The molecule has 20 heavy (non-hydrogen) atoms. The number of hydrogen-bond acceptors (Lipinski definition) is 4. The van der Waals surface area contributed by atoms with Crippen LogP contribution < -0.4 is 0 Å². The van der Waals surface area contributed by atoms with Gasteiger partial charge in [-0.3, -0.25) is 9.59 Å². The van der Waals surface area contributed by atoms with Gasteiger partial charge in [0.25, 0.3) is 0 Å². The Morgan fingerprint density at radius 3 is 2.20 bits per heavy atom. The highest BCUT2D eigenvalue weighted by Gasteiger charge is 2.22. The Hall–Kier alpha value is -1.15. The molecule has 0 aromatic heterocycles. The van der Waals surface area contributed by atoms with Crippen LogP contribution in [0.2, 0.25) is 0 Å². The molecule has 7 nitrogen and oxygen atoms in total. The molecule has 8 heteroatoms. The van der Waals surface area contributed by atoms with E-state index in [1.807, 2.05) is 13.8 Å². The SMILES string of the molecule is CCS(=O)(=O)N(C)CC(=O)N(CCC(=O)O)CC(C)C. The Kier molecular flexibility index (Phi) is 7.74. The standard InChI is InChI=1S/C12H24N2O5S/c1-5-20(18,19)13(4)9-11(15)14(8-10(2)3)7-6-12(16)17/h10H,5-9H2,1-4H3,(H,16,17). The summed E-state index contributed by atoms with van der Waals surface area (Å²) >= 11 is 0. The first kappa shape index (κ1) is 18.9. The lowest BCUT2D eigenvalue weighted by Gasteiger charge is -2.26. The molecule has 0 saturated carbocycles. The third-order valence-electron chi connectivity index (χ3n) is 2.73. The van der Waals surface area contributed by atoms with Gasteiger partial charge in [-0.2, -0.15) is 4.31 Å². The van der Waals surface area contributed by atoms with Crippen molar-refractivity contribution in [1.29, 1.82) is 0 Å². The van der Waals surface area contributed by atoms with E-state index in [1.54, 1.807) is 0 Å². The first-order valence-corrected chi connectivity index (χ1v) is 8.14. The second kappa shape index (κ2) is 8.21. The van der Waals surface area contributed by atoms with Crippen molar-refractivity contribution in [2.75, 3.05) is 32.4 Å². The number of carbonyl (C=O) groups is 2. The van der Waals surface area contributed by atoms with Gasteiger partial charge in [0.15, 0.2) is 0 Å². The van der Waals surface area contributed by atoms with E-state index in [9.17, 15) is 18.0 Å². The molecule has 0 aromatic carbocycles. The van der Waals surface area contributed by atoms with Crippen molar-refractivity contribution in [2.24, 2.45) is 5.92 Å². The van der Waals surface area contributed by atoms with Crippen LogP contribution in [-0.2, 0) is 19.6 Å². The van der Waals surface area contributed by atoms with Crippen LogP contribution >= 0.6 is 0 Å². The summed E-state index contributed by atoms with van der Waals surface area (Å²) in [4.78, 5) is 24.1. The average molecular weight is 308 g/mol. The molecule has 0 aliphatic heterocycles. The molecule has 0 aliphatic carbocycles. The van der Waals surface area contributed by atoms with Gasteiger partial charge in [0.1, 0.15) is 0 Å². The maximum Gasteiger partial charge on any atom is 0.305 e. The Balaban J connectivity index is 4.73. The third kappa shape index (κ3) is 6.85. The number of rotatable bonds is 9. The first-order chi connectivity index (χ1) is 9.10. The molecule has 118 valence electrons. The summed E-state index contributed by atoms with van der Waals surface area (Å²) in [5.74, 6) is -1.25. The van der Waals surface area contributed by atoms with E-state index < -0.39 is 16.0 Å². The first-order valence-electron chi connectivity index (χ1n) is 6.53. The zero-order valence-electron chi connectivity index (χ0n) is 12.5. The summed E-state index contributed by atoms with van der Waals surface area (Å²) in [5.41, 5.74) is 0. The normalized spacial score (nSPS) is 11.9. The fourth-order valence-corrected chi connectivity index (χ4v) is 2.35. The molecule has 0 bridgehead atoms. The molecule has 0 radical (unpaired) electrons. The molecule has 0 aromatic rings. The second-order valence-electron chi connectivity index (χ2n) is 5.03. The molecule has 0 fully saturated rings. The van der Waals surface area contributed by atoms with Crippen molar-refractivity contribution < 1.29 is 23.1 Å². The Labute approximate surface area is 120 Å². The van der Waals surface area contributed by atoms with Crippen LogP contribution in [0.15, 0.2) is 0 Å². The molecule has 1 amide bonds. The van der Waals surface area contributed by atoms with Crippen molar-refractivity contribution in [3.8, 4) is 0 Å². The molecule has 0 aliphatic rings. The molecule has 1 N–H and O–H groups in total. The largest absolute Gasteiger partial charge is 0.481 e. The van der Waals surface area contributed by atoms with Crippen molar-refractivity contribution >= 4 is 21.9 Å². The van der Waals surface area contributed by atoms with Gasteiger partial charge in [-0.15, -0.1) is 0 Å². The van der Waals surface area contributed by atoms with E-state index in [-0.39, 0.29) is 37.1 Å². The lowest BCUT2D eigenvalue weighted by molar-refractivity contribution is -0.138. The minimum atomic E-state index is -3.42. The predicted octanol–water partition coefficient (Wildman–Crippen LogP) is 0.227. The maximum absolute atomic E-state index is 12.1. The van der Waals surface area contributed by atoms with Crippen LogP contribution in [0.4, 0.5) is 0 Å². The zero-order valence-corrected chi connectivity index (χ0v) is 13.3. The molecule has 0 heterocycles. The van der Waals surface area contributed by atoms with E-state index in [2.05, 4.69) is 0 Å². The van der Waals surface area contributed by atoms with E-state index in [0.29, 0.717) is 6.54 Å². The zero-order chi connectivity index (χ0) is 15.9. The highest BCUT2D eigenvalue weighted by atomic mass is 32.2. The minimum Gasteiger partial charge on any atom is -0.481 e. The number of aliphatic carboxylic acids is 1. The quantitative estimate of drug-likeness (QED) is 0.658. The van der Waals surface area contributed by atoms with E-state index in [0.717, 1.165) is 4.31 Å². The van der Waals surface area contributed by atoms with Crippen LogP contribution in [0.25, 0.3) is 0 Å². The highest BCUT2D eigenvalue weighted by molar-refractivity contribution is 7.89. The molecular formula is C12H24N2O5S. The van der Waals surface area contributed by atoms with Crippen molar-refractivity contribution in [1.82, 2.24) is 9.21 Å². The van der Waals surface area contributed by atoms with E-state index >= 15 is 0 Å². The molecular weight excluding hydrogens is 284 g/mol. The number of hydrogen-bond donors (Lipinski definition) is 1. The summed E-state index contributed by atoms with van der Waals surface area (Å²) in [7, 11) is -2.07. The number of likely N-dealkylation sites (N-methyl/N-ethyl adjacent to an activating group) is 1. The number of carboxylic acids is 1. The number of sulfonamides is 1. The van der Waals surface area contributed by atoms with Gasteiger partial charge in [-0.1, -0.05) is 13.8 Å². The highest BCUT2D eigenvalue weighted by Crippen LogP contribution is 2.04. The monoisotopic (exact) mass is 308 g/mol. The molecule has 0 atom stereocenters. The Bertz CT molecular complexity index is 433. The number of carboxylic acid groups (broad SMARTS) is 1. The van der Waals surface area contributed by atoms with Crippen molar-refractivity contribution in [3.05, 3.63) is 0 Å². The number of nitrogens with zero attached hydrogens (tertiary/aromatic N) is 2. The topological polar surface area (TPSA) is 95.0 Å². The van der Waals surface area contributed by atoms with Crippen LogP contribution in [-0.4, -0.2) is 67.0 Å². The van der Waals surface area contributed by atoms with Gasteiger partial charge in [0, 0.05) is 20.1 Å². The van der Waals surface area contributed by atoms with E-state index in [1.165, 1.54) is 18.9 Å². The smallest absolute Gasteiger partial charge is 0.305 e. The molecule has 0 spiro atoms. The van der Waals surface area contributed by atoms with Gasteiger partial charge in [0.05, 0.1) is 18.7 Å². The van der Waals surface area contributed by atoms with Crippen LogP contribution in [0.5, 0.6) is 0 Å². The van der Waals surface area contributed by atoms with Crippen LogP contribution in [0.1, 0.15) is 27.2 Å². The van der Waals surface area contributed by atoms with Gasteiger partial charge < -0.3 is 10.0 Å². The van der Waals surface area contributed by atoms with Crippen LogP contribution in [0, 0.1) is 5.92 Å². The fraction of sp³-hybridized carbons (Fsp3) is 0.833. The summed E-state index contributed by atoms with van der Waals surface area (Å²) in [6.45, 7) is 5.56. The van der Waals surface area contributed by atoms with Crippen molar-refractivity contribution in [2.45, 2.75) is 27.2 Å². The second-order valence-corrected chi connectivity index (χ2v) is 7.40. The summed E-state index contributed by atoms with van der Waals surface area (Å²) < 4.78 is 24.2. The van der Waals surface area contributed by atoms with Crippen molar-refractivity contribution in [3.63, 3.8) is 0 Å². The predicted molar refractivity (Wildman–Crippen MR) is 75.8 cm³/mol. The van der Waals surface area contributed by atoms with Crippen LogP contribution in [0.3, 0.4) is 0 Å². The summed E-state index contributed by atoms with van der Waals surface area (Å²) in [6, 6.07) is 0. The summed E-state index contributed by atoms with van der Waals surface area (Å²) in [6.07, 6.45) is -0.150. The van der Waals surface area contributed by atoms with Gasteiger partial charge >= 0.3 is 5.97 Å². The van der Waals surface area contributed by atoms with Gasteiger partial charge in [0.2, 0.25) is 15.9 Å². The molecule has 0 saturated heterocycles. The maximum atomic E-state index is 12.1. The number of amides is 1. The fourth-order valence-electron chi connectivity index (χ4n) is 1.60. The molecule has 0 unspecified atom stereocenters. The van der Waals surface area contributed by atoms with Gasteiger partial charge in [-0.25, -0.2) is 8.42 Å². The third-order valence-corrected chi connectivity index (χ3v) is 4.54. The average Bonchev–Trinajstić information content (AvgIpc) is 2.33. The van der Waals surface area contributed by atoms with E-state index in [4.69, 9.17) is 5.11 Å². The van der Waals surface area contributed by atoms with Gasteiger partial charge in [-0.05, 0) is 12.8 Å². The number of carbonyl (C=O) groups excluding carboxylic acids is 1. The summed E-state index contributed by atoms with van der Waals surface area (Å²) in [5, 5.41) is 8.68. The Morgan fingerprint density at radius 1 is 1.25 bits per heavy atom. The lowest BCUT2D eigenvalue weighted by atomic mass is 10.2. The lowest BCUT2D eigenvalue weighted by Crippen LogP contribution is -2.43. The Morgan fingerprint density at radius 2 is 1.80 bits per heavy atom. The molecule has 0 rings (SSSR count). The minimum absolute atomic E-state index is 0.0733.